The molecule has 1 aromatic carbocycles. The Morgan fingerprint density at radius 2 is 2.16 bits per heavy atom. The van der Waals surface area contributed by atoms with Gasteiger partial charge in [-0.1, -0.05) is 0 Å². The summed E-state index contributed by atoms with van der Waals surface area (Å²) in [6.07, 6.45) is 1.10. The van der Waals surface area contributed by atoms with E-state index in [-0.39, 0.29) is 28.2 Å². The molecule has 104 valence electrons. The molecule has 19 heavy (non-hydrogen) atoms. The molecule has 0 aromatic heterocycles. The summed E-state index contributed by atoms with van der Waals surface area (Å²) in [6.45, 7) is 2.24. The SMILES string of the molecule is CCOC(C(=O)Cc1c(F)ccc(Br)c1F)C1CC1. The molecule has 2 rings (SSSR count). The molecule has 1 saturated carbocycles. The van der Waals surface area contributed by atoms with Gasteiger partial charge in [0.15, 0.2) is 5.78 Å². The third kappa shape index (κ3) is 3.39. The summed E-state index contributed by atoms with van der Waals surface area (Å²) in [7, 11) is 0. The number of rotatable bonds is 6. The predicted octanol–water partition coefficient (Wildman–Crippen LogP) is 3.65. The number of carbonyl (C=O) groups is 1. The second kappa shape index (κ2) is 6.09. The quantitative estimate of drug-likeness (QED) is 0.743. The summed E-state index contributed by atoms with van der Waals surface area (Å²) in [6, 6.07) is 2.45. The van der Waals surface area contributed by atoms with Crippen LogP contribution in [0.15, 0.2) is 16.6 Å². The second-order valence-electron chi connectivity index (χ2n) is 4.68. The lowest BCUT2D eigenvalue weighted by molar-refractivity contribution is -0.131. The van der Waals surface area contributed by atoms with E-state index in [0.717, 1.165) is 18.9 Å². The molecule has 1 aliphatic carbocycles. The van der Waals surface area contributed by atoms with E-state index in [9.17, 15) is 13.6 Å². The van der Waals surface area contributed by atoms with Crippen LogP contribution in [-0.4, -0.2) is 18.5 Å². The molecule has 2 nitrogen and oxygen atoms in total. The number of ketones is 1. The normalized spacial score (nSPS) is 16.4. The number of halogens is 3. The van der Waals surface area contributed by atoms with Gasteiger partial charge in [-0.25, -0.2) is 8.78 Å². The predicted molar refractivity (Wildman–Crippen MR) is 70.9 cm³/mol. The largest absolute Gasteiger partial charge is 0.370 e. The monoisotopic (exact) mass is 332 g/mol. The fourth-order valence-corrected chi connectivity index (χ4v) is 2.45. The van der Waals surface area contributed by atoms with E-state index < -0.39 is 17.7 Å². The Kier molecular flexibility index (Phi) is 4.68. The van der Waals surface area contributed by atoms with Gasteiger partial charge in [-0.2, -0.15) is 0 Å². The Bertz CT molecular complexity index is 487. The fourth-order valence-electron chi connectivity index (χ4n) is 2.08. The first-order chi connectivity index (χ1) is 9.04. The summed E-state index contributed by atoms with van der Waals surface area (Å²) in [5.41, 5.74) is -0.190. The molecule has 0 N–H and O–H groups in total. The third-order valence-corrected chi connectivity index (χ3v) is 3.82. The van der Waals surface area contributed by atoms with Crippen molar-refractivity contribution in [1.29, 1.82) is 0 Å². The number of hydrogen-bond donors (Lipinski definition) is 0. The first kappa shape index (κ1) is 14.6. The molecule has 0 saturated heterocycles. The smallest absolute Gasteiger partial charge is 0.166 e. The second-order valence-corrected chi connectivity index (χ2v) is 5.53. The van der Waals surface area contributed by atoms with Crippen molar-refractivity contribution in [3.8, 4) is 0 Å². The lowest BCUT2D eigenvalue weighted by Crippen LogP contribution is -2.28. The van der Waals surface area contributed by atoms with E-state index in [1.807, 2.05) is 6.92 Å². The maximum absolute atomic E-state index is 13.8. The molecule has 0 spiro atoms. The Morgan fingerprint density at radius 3 is 2.74 bits per heavy atom. The zero-order chi connectivity index (χ0) is 14.0. The van der Waals surface area contributed by atoms with Gasteiger partial charge >= 0.3 is 0 Å². The van der Waals surface area contributed by atoms with Crippen LogP contribution in [0.3, 0.4) is 0 Å². The van der Waals surface area contributed by atoms with Crippen LogP contribution in [0.2, 0.25) is 0 Å². The highest BCUT2D eigenvalue weighted by Gasteiger charge is 2.37. The van der Waals surface area contributed by atoms with E-state index >= 15 is 0 Å². The van der Waals surface area contributed by atoms with Crippen molar-refractivity contribution in [1.82, 2.24) is 0 Å². The topological polar surface area (TPSA) is 26.3 Å². The van der Waals surface area contributed by atoms with Crippen molar-refractivity contribution in [3.63, 3.8) is 0 Å². The minimum Gasteiger partial charge on any atom is -0.370 e. The Labute approximate surface area is 119 Å². The van der Waals surface area contributed by atoms with Crippen LogP contribution in [0, 0.1) is 17.6 Å². The zero-order valence-electron chi connectivity index (χ0n) is 10.6. The van der Waals surface area contributed by atoms with Crippen molar-refractivity contribution in [2.75, 3.05) is 6.61 Å². The number of benzene rings is 1. The fraction of sp³-hybridized carbons (Fsp3) is 0.500. The van der Waals surface area contributed by atoms with E-state index in [1.165, 1.54) is 6.07 Å². The molecule has 0 amide bonds. The number of carbonyl (C=O) groups excluding carboxylic acids is 1. The average Bonchev–Trinajstić information content (AvgIpc) is 3.20. The molecule has 0 aliphatic heterocycles. The standard InChI is InChI=1S/C14H15BrF2O2/c1-2-19-14(8-3-4-8)12(18)7-9-11(16)6-5-10(15)13(9)17/h5-6,8,14H,2-4,7H2,1H3. The van der Waals surface area contributed by atoms with Gasteiger partial charge in [0.1, 0.15) is 17.7 Å². The highest BCUT2D eigenvalue weighted by atomic mass is 79.9. The Morgan fingerprint density at radius 1 is 1.47 bits per heavy atom. The summed E-state index contributed by atoms with van der Waals surface area (Å²) in [4.78, 5) is 12.1. The van der Waals surface area contributed by atoms with E-state index in [0.29, 0.717) is 6.61 Å². The molecule has 0 radical (unpaired) electrons. The van der Waals surface area contributed by atoms with Crippen LogP contribution in [0.1, 0.15) is 25.3 Å². The van der Waals surface area contributed by atoms with Crippen molar-refractivity contribution in [2.24, 2.45) is 5.92 Å². The average molecular weight is 333 g/mol. The van der Waals surface area contributed by atoms with Gasteiger partial charge in [0, 0.05) is 18.6 Å². The minimum atomic E-state index is -0.709. The Balaban J connectivity index is 2.16. The van der Waals surface area contributed by atoms with Crippen LogP contribution in [0.5, 0.6) is 0 Å². The van der Waals surface area contributed by atoms with Gasteiger partial charge in [-0.15, -0.1) is 0 Å². The summed E-state index contributed by atoms with van der Waals surface area (Å²) in [5.74, 6) is -1.44. The molecule has 1 aliphatic rings. The highest BCUT2D eigenvalue weighted by molar-refractivity contribution is 9.10. The zero-order valence-corrected chi connectivity index (χ0v) is 12.2. The van der Waals surface area contributed by atoms with Crippen LogP contribution < -0.4 is 0 Å². The highest BCUT2D eigenvalue weighted by Crippen LogP contribution is 2.35. The molecule has 1 unspecified atom stereocenters. The first-order valence-electron chi connectivity index (χ1n) is 6.31. The molecule has 1 aromatic rings. The van der Waals surface area contributed by atoms with Gasteiger partial charge in [0.2, 0.25) is 0 Å². The van der Waals surface area contributed by atoms with Gasteiger partial charge in [-0.3, -0.25) is 4.79 Å². The van der Waals surface area contributed by atoms with Gasteiger partial charge < -0.3 is 4.74 Å². The lowest BCUT2D eigenvalue weighted by Gasteiger charge is -2.15. The summed E-state index contributed by atoms with van der Waals surface area (Å²) < 4.78 is 33.0. The van der Waals surface area contributed by atoms with Crippen molar-refractivity contribution in [3.05, 3.63) is 33.8 Å². The molecule has 0 heterocycles. The molecular formula is C14H15BrF2O2. The van der Waals surface area contributed by atoms with Crippen molar-refractivity contribution >= 4 is 21.7 Å². The van der Waals surface area contributed by atoms with E-state index in [1.54, 1.807) is 0 Å². The van der Waals surface area contributed by atoms with Crippen LogP contribution in [0.25, 0.3) is 0 Å². The number of ether oxygens (including phenoxy) is 1. The maximum atomic E-state index is 13.8. The van der Waals surface area contributed by atoms with Gasteiger partial charge in [0.05, 0.1) is 4.47 Å². The Hall–Kier alpha value is -0.810. The van der Waals surface area contributed by atoms with Crippen LogP contribution in [0.4, 0.5) is 8.78 Å². The molecule has 5 heteroatoms. The number of Topliss-reactive ketones (excluding diaryl/α,β-unsaturated/α-hetero) is 1. The van der Waals surface area contributed by atoms with Crippen molar-refractivity contribution < 1.29 is 18.3 Å². The van der Waals surface area contributed by atoms with Gasteiger partial charge in [0.25, 0.3) is 0 Å². The summed E-state index contributed by atoms with van der Waals surface area (Å²) in [5, 5.41) is 0. The third-order valence-electron chi connectivity index (χ3n) is 3.20. The van der Waals surface area contributed by atoms with E-state index in [2.05, 4.69) is 15.9 Å². The van der Waals surface area contributed by atoms with E-state index in [4.69, 9.17) is 4.74 Å². The first-order valence-corrected chi connectivity index (χ1v) is 7.10. The van der Waals surface area contributed by atoms with Crippen molar-refractivity contribution in [2.45, 2.75) is 32.3 Å². The van der Waals surface area contributed by atoms with Crippen LogP contribution >= 0.6 is 15.9 Å². The number of hydrogen-bond acceptors (Lipinski definition) is 2. The van der Waals surface area contributed by atoms with Gasteiger partial charge in [-0.05, 0) is 53.7 Å². The molecule has 1 fully saturated rings. The minimum absolute atomic E-state index is 0.163. The molecular weight excluding hydrogens is 318 g/mol. The summed E-state index contributed by atoms with van der Waals surface area (Å²) >= 11 is 2.99. The van der Waals surface area contributed by atoms with Crippen LogP contribution in [-0.2, 0) is 16.0 Å². The maximum Gasteiger partial charge on any atom is 0.166 e. The molecule has 0 bridgehead atoms. The lowest BCUT2D eigenvalue weighted by atomic mass is 10.0. The molecule has 1 atom stereocenters.